The van der Waals surface area contributed by atoms with Crippen molar-refractivity contribution >= 4 is 40.5 Å². The molecule has 0 radical (unpaired) electrons. The van der Waals surface area contributed by atoms with Gasteiger partial charge in [-0.15, -0.1) is 0 Å². The van der Waals surface area contributed by atoms with Crippen molar-refractivity contribution in [1.82, 2.24) is 15.6 Å². The Kier molecular flexibility index (Phi) is 7.55. The Bertz CT molecular complexity index is 1280. The average Bonchev–Trinajstić information content (AvgIpc) is 3.23. The van der Waals surface area contributed by atoms with Gasteiger partial charge in [0.15, 0.2) is 6.61 Å². The van der Waals surface area contributed by atoms with Crippen molar-refractivity contribution in [3.8, 4) is 0 Å². The number of amides is 3. The number of allylic oxidation sites excluding steroid dienone is 1. The first-order valence-electron chi connectivity index (χ1n) is 11.8. The average molecular weight is 472 g/mol. The van der Waals surface area contributed by atoms with Crippen molar-refractivity contribution in [2.45, 2.75) is 33.1 Å². The number of carbonyl (C=O) groups is 3. The second kappa shape index (κ2) is 11.0. The summed E-state index contributed by atoms with van der Waals surface area (Å²) in [7, 11) is 0. The molecule has 7 heteroatoms. The third-order valence-electron chi connectivity index (χ3n) is 5.88. The Morgan fingerprint density at radius 3 is 2.54 bits per heavy atom. The van der Waals surface area contributed by atoms with Gasteiger partial charge in [-0.1, -0.05) is 62.4 Å². The molecule has 0 saturated heterocycles. The predicted molar refractivity (Wildman–Crippen MR) is 136 cm³/mol. The predicted octanol–water partition coefficient (Wildman–Crippen LogP) is 4.75. The monoisotopic (exact) mass is 471 g/mol. The summed E-state index contributed by atoms with van der Waals surface area (Å²) in [6, 6.07) is 16.8. The highest BCUT2D eigenvalue weighted by atomic mass is 16.5. The number of benzene rings is 2. The second-order valence-electron chi connectivity index (χ2n) is 8.97. The van der Waals surface area contributed by atoms with Gasteiger partial charge in [0.25, 0.3) is 5.91 Å². The van der Waals surface area contributed by atoms with Crippen LogP contribution in [0.2, 0.25) is 0 Å². The van der Waals surface area contributed by atoms with Crippen molar-refractivity contribution in [2.75, 3.05) is 13.2 Å². The van der Waals surface area contributed by atoms with Crippen molar-refractivity contribution in [2.24, 2.45) is 5.92 Å². The van der Waals surface area contributed by atoms with Gasteiger partial charge in [0.05, 0.1) is 16.8 Å². The molecule has 0 unspecified atom stereocenters. The zero-order valence-electron chi connectivity index (χ0n) is 20.0. The summed E-state index contributed by atoms with van der Waals surface area (Å²) in [5, 5.41) is 5.50. The van der Waals surface area contributed by atoms with Gasteiger partial charge >= 0.3 is 12.0 Å². The molecule has 0 saturated carbocycles. The lowest BCUT2D eigenvalue weighted by Gasteiger charge is -2.12. The minimum atomic E-state index is -0.680. The van der Waals surface area contributed by atoms with Crippen LogP contribution >= 0.6 is 0 Å². The topological polar surface area (TPSA) is 97.4 Å². The van der Waals surface area contributed by atoms with Crippen LogP contribution in [0, 0.1) is 5.92 Å². The number of para-hydroxylation sites is 1. The van der Waals surface area contributed by atoms with Gasteiger partial charge < -0.3 is 10.1 Å². The lowest BCUT2D eigenvalue weighted by atomic mass is 10.0. The number of hydrogen-bond donors (Lipinski definition) is 2. The lowest BCUT2D eigenvalue weighted by Crippen LogP contribution is -2.42. The van der Waals surface area contributed by atoms with E-state index in [1.165, 1.54) is 0 Å². The number of carbonyl (C=O) groups excluding carboxylic acids is 3. The van der Waals surface area contributed by atoms with Gasteiger partial charge in [-0.05, 0) is 54.0 Å². The summed E-state index contributed by atoms with van der Waals surface area (Å²) in [4.78, 5) is 42.0. The van der Waals surface area contributed by atoms with Crippen LogP contribution in [0.5, 0.6) is 0 Å². The van der Waals surface area contributed by atoms with Crippen LogP contribution in [-0.4, -0.2) is 36.0 Å². The highest BCUT2D eigenvalue weighted by molar-refractivity contribution is 6.08. The SMILES string of the molecule is CC(C)CCNC(=O)NC(=O)COC(=O)c1c2c(nc3ccccc13)/C(=C\c1ccccc1)CC2. The van der Waals surface area contributed by atoms with Crippen molar-refractivity contribution < 1.29 is 19.1 Å². The summed E-state index contributed by atoms with van der Waals surface area (Å²) in [6.45, 7) is 4.01. The third-order valence-corrected chi connectivity index (χ3v) is 5.88. The summed E-state index contributed by atoms with van der Waals surface area (Å²) >= 11 is 0. The number of imide groups is 1. The van der Waals surface area contributed by atoms with E-state index in [2.05, 4.69) is 16.7 Å². The number of esters is 1. The maximum atomic E-state index is 13.2. The summed E-state index contributed by atoms with van der Waals surface area (Å²) in [5.41, 5.74) is 4.85. The lowest BCUT2D eigenvalue weighted by molar-refractivity contribution is -0.123. The standard InChI is InChI=1S/C28H29N3O4/c1-18(2)14-15-29-28(34)31-24(32)17-35-27(33)25-21-10-6-7-11-23(21)30-26-20(12-13-22(25)26)16-19-8-4-3-5-9-19/h3-11,16,18H,12-15,17H2,1-2H3,(H2,29,31,32,34)/b20-16-. The quantitative estimate of drug-likeness (QED) is 0.485. The van der Waals surface area contributed by atoms with E-state index in [0.717, 1.165) is 35.2 Å². The van der Waals surface area contributed by atoms with Gasteiger partial charge in [-0.3, -0.25) is 10.1 Å². The second-order valence-corrected chi connectivity index (χ2v) is 8.97. The molecule has 2 N–H and O–H groups in total. The van der Waals surface area contributed by atoms with E-state index in [9.17, 15) is 14.4 Å². The molecule has 0 atom stereocenters. The zero-order valence-corrected chi connectivity index (χ0v) is 20.0. The zero-order chi connectivity index (χ0) is 24.8. The maximum Gasteiger partial charge on any atom is 0.339 e. The first kappa shape index (κ1) is 24.1. The first-order valence-corrected chi connectivity index (χ1v) is 11.8. The van der Waals surface area contributed by atoms with Crippen LogP contribution in [0.1, 0.15) is 53.9 Å². The molecule has 0 spiro atoms. The van der Waals surface area contributed by atoms with E-state index in [1.54, 1.807) is 0 Å². The van der Waals surface area contributed by atoms with Gasteiger partial charge in [0.1, 0.15) is 0 Å². The number of urea groups is 1. The number of pyridine rings is 1. The Hall–Kier alpha value is -4.00. The minimum absolute atomic E-state index is 0.427. The van der Waals surface area contributed by atoms with Crippen LogP contribution in [0.4, 0.5) is 4.79 Å². The number of nitrogens with one attached hydrogen (secondary N) is 2. The van der Waals surface area contributed by atoms with Crippen molar-refractivity contribution in [1.29, 1.82) is 0 Å². The molecule has 1 aliphatic carbocycles. The molecule has 7 nitrogen and oxygen atoms in total. The van der Waals surface area contributed by atoms with Gasteiger partial charge in [0, 0.05) is 11.9 Å². The molecule has 0 bridgehead atoms. The molecule has 0 aliphatic heterocycles. The summed E-state index contributed by atoms with van der Waals surface area (Å²) < 4.78 is 5.34. The molecule has 1 aromatic heterocycles. The Morgan fingerprint density at radius 2 is 1.77 bits per heavy atom. The van der Waals surface area contributed by atoms with E-state index < -0.39 is 24.5 Å². The fourth-order valence-corrected chi connectivity index (χ4v) is 4.15. The highest BCUT2D eigenvalue weighted by Gasteiger charge is 2.28. The van der Waals surface area contributed by atoms with Gasteiger partial charge in [-0.25, -0.2) is 14.6 Å². The maximum absolute atomic E-state index is 13.2. The number of aromatic nitrogens is 1. The van der Waals surface area contributed by atoms with E-state index in [4.69, 9.17) is 9.72 Å². The van der Waals surface area contributed by atoms with E-state index >= 15 is 0 Å². The van der Waals surface area contributed by atoms with E-state index in [0.29, 0.717) is 35.3 Å². The largest absolute Gasteiger partial charge is 0.452 e. The van der Waals surface area contributed by atoms with Gasteiger partial charge in [0.2, 0.25) is 0 Å². The summed E-state index contributed by atoms with van der Waals surface area (Å²) in [5.74, 6) is -0.844. The van der Waals surface area contributed by atoms with E-state index in [1.807, 2.05) is 68.4 Å². The van der Waals surface area contributed by atoms with Crippen LogP contribution in [0.3, 0.4) is 0 Å². The molecule has 4 rings (SSSR count). The summed E-state index contributed by atoms with van der Waals surface area (Å²) in [6.07, 6.45) is 4.30. The van der Waals surface area contributed by atoms with Crippen molar-refractivity contribution in [3.63, 3.8) is 0 Å². The van der Waals surface area contributed by atoms with Crippen LogP contribution in [-0.2, 0) is 16.0 Å². The van der Waals surface area contributed by atoms with Gasteiger partial charge in [-0.2, -0.15) is 0 Å². The number of nitrogens with zero attached hydrogens (tertiary/aromatic N) is 1. The minimum Gasteiger partial charge on any atom is -0.452 e. The molecular formula is C28H29N3O4. The van der Waals surface area contributed by atoms with Crippen LogP contribution < -0.4 is 10.6 Å². The molecule has 0 fully saturated rings. The number of ether oxygens (including phenoxy) is 1. The van der Waals surface area contributed by atoms with Crippen LogP contribution in [0.25, 0.3) is 22.6 Å². The molecule has 3 amide bonds. The number of hydrogen-bond acceptors (Lipinski definition) is 5. The normalized spacial score (nSPS) is 13.6. The van der Waals surface area contributed by atoms with E-state index in [-0.39, 0.29) is 0 Å². The molecule has 180 valence electrons. The number of fused-ring (bicyclic) bond motifs is 2. The molecule has 35 heavy (non-hydrogen) atoms. The van der Waals surface area contributed by atoms with Crippen LogP contribution in [0.15, 0.2) is 54.6 Å². The Labute approximate surface area is 204 Å². The highest BCUT2D eigenvalue weighted by Crippen LogP contribution is 2.37. The smallest absolute Gasteiger partial charge is 0.339 e. The first-order chi connectivity index (χ1) is 16.9. The fourth-order valence-electron chi connectivity index (χ4n) is 4.15. The fraction of sp³-hybridized carbons (Fsp3) is 0.286. The third kappa shape index (κ3) is 5.93. The molecule has 3 aromatic rings. The Balaban J connectivity index is 1.52. The molecule has 2 aromatic carbocycles. The Morgan fingerprint density at radius 1 is 1.03 bits per heavy atom. The molecular weight excluding hydrogens is 442 g/mol. The molecule has 1 heterocycles. The number of rotatable bonds is 7. The molecule has 1 aliphatic rings. The van der Waals surface area contributed by atoms with Crippen molar-refractivity contribution in [3.05, 3.63) is 77.0 Å².